The second-order valence-corrected chi connectivity index (χ2v) is 5.85. The summed E-state index contributed by atoms with van der Waals surface area (Å²) < 4.78 is 5.78. The number of hydrogen-bond acceptors (Lipinski definition) is 2. The van der Waals surface area contributed by atoms with Crippen molar-refractivity contribution in [3.05, 3.63) is 0 Å². The monoisotopic (exact) mass is 253 g/mol. The maximum absolute atomic E-state index is 12.1. The van der Waals surface area contributed by atoms with Gasteiger partial charge in [-0.15, -0.1) is 0 Å². The number of amides is 1. The summed E-state index contributed by atoms with van der Waals surface area (Å²) in [6, 6.07) is 0. The Morgan fingerprint density at radius 1 is 1.17 bits per heavy atom. The first kappa shape index (κ1) is 13.9. The summed E-state index contributed by atoms with van der Waals surface area (Å²) in [6.45, 7) is 4.29. The number of carbonyl (C=O) groups excluding carboxylic acids is 1. The minimum Gasteiger partial charge on any atom is -0.368 e. The topological polar surface area (TPSA) is 29.5 Å². The number of ether oxygens (including phenoxy) is 1. The summed E-state index contributed by atoms with van der Waals surface area (Å²) in [7, 11) is 0. The van der Waals surface area contributed by atoms with Crippen molar-refractivity contribution in [1.29, 1.82) is 0 Å². The van der Waals surface area contributed by atoms with Crippen molar-refractivity contribution in [2.75, 3.05) is 19.7 Å². The largest absolute Gasteiger partial charge is 0.368 e. The molecule has 0 heterocycles. The Balaban J connectivity index is 1.69. The maximum Gasteiger partial charge on any atom is 0.248 e. The van der Waals surface area contributed by atoms with Gasteiger partial charge in [0.15, 0.2) is 0 Å². The highest BCUT2D eigenvalue weighted by Crippen LogP contribution is 2.29. The van der Waals surface area contributed by atoms with E-state index in [1.165, 1.54) is 32.1 Å². The molecule has 18 heavy (non-hydrogen) atoms. The van der Waals surface area contributed by atoms with Gasteiger partial charge in [0.2, 0.25) is 5.91 Å². The van der Waals surface area contributed by atoms with E-state index in [1.807, 2.05) is 4.90 Å². The zero-order valence-corrected chi connectivity index (χ0v) is 11.7. The van der Waals surface area contributed by atoms with Gasteiger partial charge >= 0.3 is 0 Å². The molecule has 3 heteroatoms. The standard InChI is InChI=1S/C15H27NO2/c1-2-10-16(11-13-8-9-13)15(17)12-18-14-6-4-3-5-7-14/h13-14H,2-12H2,1H3. The molecule has 0 unspecified atom stereocenters. The van der Waals surface area contributed by atoms with Crippen LogP contribution in [-0.2, 0) is 9.53 Å². The first-order valence-electron chi connectivity index (χ1n) is 7.69. The predicted octanol–water partition coefficient (Wildman–Crippen LogP) is 2.98. The molecule has 2 fully saturated rings. The molecule has 3 nitrogen and oxygen atoms in total. The van der Waals surface area contributed by atoms with Crippen LogP contribution in [0.4, 0.5) is 0 Å². The Hall–Kier alpha value is -0.570. The fraction of sp³-hybridized carbons (Fsp3) is 0.933. The van der Waals surface area contributed by atoms with Crippen molar-refractivity contribution in [1.82, 2.24) is 4.90 Å². The maximum atomic E-state index is 12.1. The van der Waals surface area contributed by atoms with E-state index >= 15 is 0 Å². The van der Waals surface area contributed by atoms with Crippen LogP contribution in [0.5, 0.6) is 0 Å². The molecule has 0 aromatic carbocycles. The van der Waals surface area contributed by atoms with Gasteiger partial charge in [0.25, 0.3) is 0 Å². The molecule has 0 saturated heterocycles. The smallest absolute Gasteiger partial charge is 0.248 e. The summed E-state index contributed by atoms with van der Waals surface area (Å²) in [5.41, 5.74) is 0. The third-order valence-corrected chi connectivity index (χ3v) is 4.02. The Morgan fingerprint density at radius 3 is 2.50 bits per heavy atom. The summed E-state index contributed by atoms with van der Waals surface area (Å²) in [4.78, 5) is 14.2. The molecule has 0 aliphatic heterocycles. The summed E-state index contributed by atoms with van der Waals surface area (Å²) in [5, 5.41) is 0. The highest BCUT2D eigenvalue weighted by atomic mass is 16.5. The molecule has 104 valence electrons. The Labute approximate surface area is 111 Å². The summed E-state index contributed by atoms with van der Waals surface area (Å²) >= 11 is 0. The molecule has 0 bridgehead atoms. The number of hydrogen-bond donors (Lipinski definition) is 0. The first-order valence-corrected chi connectivity index (χ1v) is 7.69. The second-order valence-electron chi connectivity index (χ2n) is 5.85. The number of rotatable bonds is 7. The van der Waals surface area contributed by atoms with E-state index in [9.17, 15) is 4.79 Å². The quantitative estimate of drug-likeness (QED) is 0.698. The highest BCUT2D eigenvalue weighted by molar-refractivity contribution is 5.77. The molecular formula is C15H27NO2. The van der Waals surface area contributed by atoms with Crippen LogP contribution in [0.25, 0.3) is 0 Å². The summed E-state index contributed by atoms with van der Waals surface area (Å²) in [6.07, 6.45) is 10.1. The van der Waals surface area contributed by atoms with Crippen LogP contribution in [0.15, 0.2) is 0 Å². The molecule has 1 amide bonds. The minimum atomic E-state index is 0.203. The van der Waals surface area contributed by atoms with Gasteiger partial charge in [0.1, 0.15) is 6.61 Å². The van der Waals surface area contributed by atoms with Gasteiger partial charge in [-0.3, -0.25) is 4.79 Å². The molecule has 2 saturated carbocycles. The lowest BCUT2D eigenvalue weighted by Gasteiger charge is -2.25. The van der Waals surface area contributed by atoms with E-state index in [2.05, 4.69) is 6.92 Å². The predicted molar refractivity (Wildman–Crippen MR) is 72.4 cm³/mol. The van der Waals surface area contributed by atoms with Crippen molar-refractivity contribution in [3.63, 3.8) is 0 Å². The van der Waals surface area contributed by atoms with Crippen molar-refractivity contribution < 1.29 is 9.53 Å². The third kappa shape index (κ3) is 4.60. The van der Waals surface area contributed by atoms with Gasteiger partial charge in [-0.25, -0.2) is 0 Å². The summed E-state index contributed by atoms with van der Waals surface area (Å²) in [5.74, 6) is 0.976. The first-order chi connectivity index (χ1) is 8.79. The van der Waals surface area contributed by atoms with Gasteiger partial charge in [-0.05, 0) is 38.0 Å². The van der Waals surface area contributed by atoms with Crippen LogP contribution >= 0.6 is 0 Å². The lowest BCUT2D eigenvalue weighted by molar-refractivity contribution is -0.139. The zero-order valence-electron chi connectivity index (χ0n) is 11.7. The number of carbonyl (C=O) groups is 1. The molecule has 0 atom stereocenters. The van der Waals surface area contributed by atoms with Gasteiger partial charge in [-0.1, -0.05) is 26.2 Å². The lowest BCUT2D eigenvalue weighted by Crippen LogP contribution is -2.37. The molecule has 0 aromatic rings. The van der Waals surface area contributed by atoms with Crippen molar-refractivity contribution in [2.45, 2.75) is 64.4 Å². The molecule has 0 spiro atoms. The average molecular weight is 253 g/mol. The molecule has 2 aliphatic rings. The highest BCUT2D eigenvalue weighted by Gasteiger charge is 2.26. The van der Waals surface area contributed by atoms with Crippen molar-refractivity contribution in [2.24, 2.45) is 5.92 Å². The lowest BCUT2D eigenvalue weighted by atomic mass is 9.98. The molecule has 0 N–H and O–H groups in total. The van der Waals surface area contributed by atoms with Crippen LogP contribution in [0.2, 0.25) is 0 Å². The molecule has 0 radical (unpaired) electrons. The van der Waals surface area contributed by atoms with Crippen LogP contribution in [0, 0.1) is 5.92 Å². The van der Waals surface area contributed by atoms with Crippen LogP contribution in [0.3, 0.4) is 0 Å². The molecule has 2 rings (SSSR count). The molecule has 2 aliphatic carbocycles. The molecular weight excluding hydrogens is 226 g/mol. The molecule has 0 aromatic heterocycles. The van der Waals surface area contributed by atoms with Gasteiger partial charge < -0.3 is 9.64 Å². The fourth-order valence-electron chi connectivity index (χ4n) is 2.71. The van der Waals surface area contributed by atoms with Crippen molar-refractivity contribution in [3.8, 4) is 0 Å². The van der Waals surface area contributed by atoms with Crippen LogP contribution in [-0.4, -0.2) is 36.6 Å². The van der Waals surface area contributed by atoms with E-state index in [0.717, 1.165) is 38.3 Å². The van der Waals surface area contributed by atoms with Crippen molar-refractivity contribution >= 4 is 5.91 Å². The average Bonchev–Trinajstić information content (AvgIpc) is 3.21. The van der Waals surface area contributed by atoms with E-state index in [1.54, 1.807) is 0 Å². The minimum absolute atomic E-state index is 0.203. The Bertz CT molecular complexity index is 257. The second kappa shape index (κ2) is 7.13. The Morgan fingerprint density at radius 2 is 1.89 bits per heavy atom. The SMILES string of the molecule is CCCN(CC1CC1)C(=O)COC1CCCCC1. The third-order valence-electron chi connectivity index (χ3n) is 4.02. The van der Waals surface area contributed by atoms with E-state index in [0.29, 0.717) is 12.7 Å². The van der Waals surface area contributed by atoms with Gasteiger partial charge in [0, 0.05) is 13.1 Å². The zero-order chi connectivity index (χ0) is 12.8. The van der Waals surface area contributed by atoms with E-state index in [-0.39, 0.29) is 5.91 Å². The normalized spacial score (nSPS) is 20.9. The fourth-order valence-corrected chi connectivity index (χ4v) is 2.71. The van der Waals surface area contributed by atoms with E-state index < -0.39 is 0 Å². The van der Waals surface area contributed by atoms with Crippen LogP contribution < -0.4 is 0 Å². The Kier molecular flexibility index (Phi) is 5.48. The van der Waals surface area contributed by atoms with Gasteiger partial charge in [-0.2, -0.15) is 0 Å². The van der Waals surface area contributed by atoms with Crippen LogP contribution in [0.1, 0.15) is 58.3 Å². The number of nitrogens with zero attached hydrogens (tertiary/aromatic N) is 1. The van der Waals surface area contributed by atoms with Gasteiger partial charge in [0.05, 0.1) is 6.10 Å². The van der Waals surface area contributed by atoms with E-state index in [4.69, 9.17) is 4.74 Å².